The largest absolute Gasteiger partial charge is 0.493 e. The van der Waals surface area contributed by atoms with E-state index in [1.54, 1.807) is 0 Å². The van der Waals surface area contributed by atoms with Crippen molar-refractivity contribution in [3.63, 3.8) is 0 Å². The third-order valence-electron chi connectivity index (χ3n) is 3.97. The lowest BCUT2D eigenvalue weighted by molar-refractivity contribution is 0.356. The van der Waals surface area contributed by atoms with E-state index in [1.165, 1.54) is 11.1 Å². The molecule has 1 aromatic heterocycles. The van der Waals surface area contributed by atoms with Gasteiger partial charge in [0.1, 0.15) is 11.6 Å². The zero-order valence-corrected chi connectivity index (χ0v) is 12.4. The Morgan fingerprint density at radius 3 is 3.19 bits per heavy atom. The maximum Gasteiger partial charge on any atom is 0.122 e. The second kappa shape index (κ2) is 6.28. The van der Waals surface area contributed by atoms with Crippen LogP contribution >= 0.6 is 0 Å². The minimum Gasteiger partial charge on any atom is -0.493 e. The van der Waals surface area contributed by atoms with E-state index in [0.717, 1.165) is 44.0 Å². The van der Waals surface area contributed by atoms with Gasteiger partial charge in [-0.2, -0.15) is 0 Å². The van der Waals surface area contributed by atoms with Crippen molar-refractivity contribution in [1.82, 2.24) is 15.0 Å². The summed E-state index contributed by atoms with van der Waals surface area (Å²) in [5, 5.41) is 0. The lowest BCUT2D eigenvalue weighted by Crippen LogP contribution is -2.30. The van der Waals surface area contributed by atoms with Gasteiger partial charge in [-0.25, -0.2) is 4.98 Å². The first kappa shape index (κ1) is 14.1. The molecule has 21 heavy (non-hydrogen) atoms. The lowest BCUT2D eigenvalue weighted by atomic mass is 10.0. The molecule has 5 nitrogen and oxygen atoms in total. The molecular weight excluding hydrogens is 264 g/mol. The van der Waals surface area contributed by atoms with Crippen molar-refractivity contribution in [2.75, 3.05) is 6.61 Å². The van der Waals surface area contributed by atoms with Crippen LogP contribution in [-0.4, -0.2) is 16.2 Å². The van der Waals surface area contributed by atoms with Gasteiger partial charge in [-0.15, -0.1) is 0 Å². The van der Waals surface area contributed by atoms with Crippen molar-refractivity contribution < 1.29 is 4.74 Å². The molecule has 0 saturated heterocycles. The van der Waals surface area contributed by atoms with Gasteiger partial charge in [0.25, 0.3) is 0 Å². The van der Waals surface area contributed by atoms with Crippen LogP contribution in [0.5, 0.6) is 5.75 Å². The van der Waals surface area contributed by atoms with E-state index < -0.39 is 0 Å². The van der Waals surface area contributed by atoms with E-state index in [1.807, 2.05) is 18.5 Å². The Labute approximate surface area is 125 Å². The number of nitrogens with zero attached hydrogens (tertiary/aromatic N) is 2. The fourth-order valence-electron chi connectivity index (χ4n) is 2.85. The van der Waals surface area contributed by atoms with E-state index in [9.17, 15) is 0 Å². The Kier molecular flexibility index (Phi) is 4.22. The van der Waals surface area contributed by atoms with Gasteiger partial charge >= 0.3 is 0 Å². The van der Waals surface area contributed by atoms with Crippen LogP contribution in [0.2, 0.25) is 0 Å². The molecule has 1 atom stereocenters. The molecule has 0 fully saturated rings. The summed E-state index contributed by atoms with van der Waals surface area (Å²) in [5.41, 5.74) is 5.38. The number of aryl methyl sites for hydroxylation is 1. The van der Waals surface area contributed by atoms with Gasteiger partial charge in [0.05, 0.1) is 12.6 Å². The predicted octanol–water partition coefficient (Wildman–Crippen LogP) is 1.98. The molecule has 3 N–H and O–H groups in total. The molecule has 0 aliphatic carbocycles. The molecule has 112 valence electrons. The number of rotatable bonds is 6. The second-order valence-electron chi connectivity index (χ2n) is 5.43. The predicted molar refractivity (Wildman–Crippen MR) is 81.9 cm³/mol. The van der Waals surface area contributed by atoms with Crippen LogP contribution in [0, 0.1) is 0 Å². The number of nitrogens with two attached hydrogens (primary N) is 1. The summed E-state index contributed by atoms with van der Waals surface area (Å²) in [4.78, 5) is 4.46. The Morgan fingerprint density at radius 1 is 1.48 bits per heavy atom. The van der Waals surface area contributed by atoms with Gasteiger partial charge in [0.15, 0.2) is 0 Å². The maximum atomic E-state index is 5.77. The first-order valence-corrected chi connectivity index (χ1v) is 7.53. The topological polar surface area (TPSA) is 65.1 Å². The summed E-state index contributed by atoms with van der Waals surface area (Å²) >= 11 is 0. The number of nitrogens with one attached hydrogen (secondary N) is 1. The fraction of sp³-hybridized carbons (Fsp3) is 0.438. The van der Waals surface area contributed by atoms with Crippen LogP contribution in [-0.2, 0) is 19.4 Å². The Bertz CT molecular complexity index is 608. The normalized spacial score (nSPS) is 14.8. The molecule has 1 aromatic carbocycles. The summed E-state index contributed by atoms with van der Waals surface area (Å²) in [6.45, 7) is 3.94. The maximum absolute atomic E-state index is 5.77. The van der Waals surface area contributed by atoms with Crippen molar-refractivity contribution >= 4 is 0 Å². The van der Waals surface area contributed by atoms with E-state index in [2.05, 4.69) is 34.0 Å². The minimum absolute atomic E-state index is 0.0638. The first-order valence-electron chi connectivity index (χ1n) is 7.53. The van der Waals surface area contributed by atoms with Gasteiger partial charge in [0.2, 0.25) is 0 Å². The first-order chi connectivity index (χ1) is 10.3. The molecule has 0 spiro atoms. The highest BCUT2D eigenvalue weighted by atomic mass is 16.5. The molecule has 0 bridgehead atoms. The highest BCUT2D eigenvalue weighted by Crippen LogP contribution is 2.29. The van der Waals surface area contributed by atoms with E-state index in [-0.39, 0.29) is 6.04 Å². The van der Waals surface area contributed by atoms with E-state index in [0.29, 0.717) is 0 Å². The van der Waals surface area contributed by atoms with Gasteiger partial charge < -0.3 is 9.30 Å². The molecule has 3 rings (SSSR count). The average molecular weight is 286 g/mol. The zero-order chi connectivity index (χ0) is 14.7. The van der Waals surface area contributed by atoms with Gasteiger partial charge in [-0.3, -0.25) is 11.3 Å². The molecule has 1 aliphatic rings. The third-order valence-corrected chi connectivity index (χ3v) is 3.97. The third kappa shape index (κ3) is 2.94. The summed E-state index contributed by atoms with van der Waals surface area (Å²) in [6.07, 6.45) is 6.74. The highest BCUT2D eigenvalue weighted by Gasteiger charge is 2.18. The van der Waals surface area contributed by atoms with Crippen LogP contribution < -0.4 is 16.0 Å². The smallest absolute Gasteiger partial charge is 0.122 e. The van der Waals surface area contributed by atoms with Crippen LogP contribution in [0.4, 0.5) is 0 Å². The van der Waals surface area contributed by atoms with E-state index in [4.69, 9.17) is 10.6 Å². The van der Waals surface area contributed by atoms with Gasteiger partial charge in [-0.1, -0.05) is 19.1 Å². The Morgan fingerprint density at radius 2 is 2.38 bits per heavy atom. The molecule has 5 heteroatoms. The number of hydrogen-bond acceptors (Lipinski definition) is 4. The van der Waals surface area contributed by atoms with Gasteiger partial charge in [0, 0.05) is 31.8 Å². The number of ether oxygens (including phenoxy) is 1. The van der Waals surface area contributed by atoms with Crippen molar-refractivity contribution in [3.8, 4) is 5.75 Å². The number of hydrogen-bond donors (Lipinski definition) is 2. The quantitative estimate of drug-likeness (QED) is 0.629. The monoisotopic (exact) mass is 286 g/mol. The molecular formula is C16H22N4O. The van der Waals surface area contributed by atoms with Gasteiger partial charge in [-0.05, 0) is 23.6 Å². The lowest BCUT2D eigenvalue weighted by Gasteiger charge is -2.17. The average Bonchev–Trinajstić information content (AvgIpc) is 3.13. The molecule has 0 radical (unpaired) electrons. The molecule has 2 aromatic rings. The van der Waals surface area contributed by atoms with Crippen LogP contribution in [0.3, 0.4) is 0 Å². The number of benzene rings is 1. The highest BCUT2D eigenvalue weighted by molar-refractivity contribution is 5.41. The molecule has 1 aliphatic heterocycles. The van der Waals surface area contributed by atoms with Crippen LogP contribution in [0.25, 0.3) is 0 Å². The minimum atomic E-state index is 0.0638. The molecule has 2 heterocycles. The van der Waals surface area contributed by atoms with Crippen LogP contribution in [0.1, 0.15) is 36.3 Å². The second-order valence-corrected chi connectivity index (χ2v) is 5.43. The summed E-state index contributed by atoms with van der Waals surface area (Å²) < 4.78 is 7.75. The molecule has 0 amide bonds. The fourth-order valence-corrected chi connectivity index (χ4v) is 2.85. The number of aromatic nitrogens is 2. The SMILES string of the molecule is CCCn1ccnc1CC(NN)c1ccc2c(c1)CCO2. The summed E-state index contributed by atoms with van der Waals surface area (Å²) in [5.74, 6) is 7.84. The van der Waals surface area contributed by atoms with Crippen LogP contribution in [0.15, 0.2) is 30.6 Å². The summed E-state index contributed by atoms with van der Waals surface area (Å²) in [6, 6.07) is 6.39. The van der Waals surface area contributed by atoms with Crippen molar-refractivity contribution in [1.29, 1.82) is 0 Å². The summed E-state index contributed by atoms with van der Waals surface area (Å²) in [7, 11) is 0. The number of hydrazine groups is 1. The van der Waals surface area contributed by atoms with E-state index >= 15 is 0 Å². The number of fused-ring (bicyclic) bond motifs is 1. The van der Waals surface area contributed by atoms with Crippen molar-refractivity contribution in [2.45, 2.75) is 38.8 Å². The molecule has 1 unspecified atom stereocenters. The van der Waals surface area contributed by atoms with Crippen molar-refractivity contribution in [3.05, 3.63) is 47.5 Å². The Hall–Kier alpha value is -1.85. The number of imidazole rings is 1. The zero-order valence-electron chi connectivity index (χ0n) is 12.4. The Balaban J connectivity index is 1.80. The van der Waals surface area contributed by atoms with Crippen molar-refractivity contribution in [2.24, 2.45) is 5.84 Å². The molecule has 0 saturated carbocycles. The standard InChI is InChI=1S/C16H22N4O/c1-2-7-20-8-6-18-16(20)11-14(19-17)12-3-4-15-13(10-12)5-9-21-15/h3-4,6,8,10,14,19H,2,5,7,9,11,17H2,1H3.